The van der Waals surface area contributed by atoms with E-state index in [2.05, 4.69) is 10.6 Å². The van der Waals surface area contributed by atoms with Crippen molar-refractivity contribution in [2.45, 2.75) is 39.8 Å². The van der Waals surface area contributed by atoms with Gasteiger partial charge in [0.1, 0.15) is 0 Å². The lowest BCUT2D eigenvalue weighted by Gasteiger charge is -2.13. The SMILES string of the molecule is CC1(C)C(NC(=O)NC(CO)C(=O)O)C1(C)C. The second-order valence-corrected chi connectivity index (χ2v) is 5.57. The Labute approximate surface area is 100 Å². The molecule has 0 radical (unpaired) electrons. The summed E-state index contributed by atoms with van der Waals surface area (Å²) in [5, 5.41) is 22.4. The Morgan fingerprint density at radius 3 is 2.00 bits per heavy atom. The quantitative estimate of drug-likeness (QED) is 0.566. The number of amides is 2. The Kier molecular flexibility index (Phi) is 3.38. The van der Waals surface area contributed by atoms with E-state index in [1.807, 2.05) is 27.7 Å². The summed E-state index contributed by atoms with van der Waals surface area (Å²) >= 11 is 0. The molecule has 1 saturated carbocycles. The van der Waals surface area contributed by atoms with Gasteiger partial charge in [-0.1, -0.05) is 27.7 Å². The van der Waals surface area contributed by atoms with Crippen LogP contribution >= 0.6 is 0 Å². The summed E-state index contributed by atoms with van der Waals surface area (Å²) < 4.78 is 0. The maximum absolute atomic E-state index is 11.5. The van der Waals surface area contributed by atoms with Gasteiger partial charge < -0.3 is 20.8 Å². The topological polar surface area (TPSA) is 98.7 Å². The summed E-state index contributed by atoms with van der Waals surface area (Å²) in [6, 6.07) is -1.82. The number of aliphatic carboxylic acids is 1. The number of hydrogen-bond donors (Lipinski definition) is 4. The van der Waals surface area contributed by atoms with Gasteiger partial charge in [-0.25, -0.2) is 9.59 Å². The molecule has 17 heavy (non-hydrogen) atoms. The maximum atomic E-state index is 11.5. The van der Waals surface area contributed by atoms with Crippen LogP contribution in [-0.4, -0.2) is 40.9 Å². The lowest BCUT2D eigenvalue weighted by atomic mass is 10.0. The number of aliphatic hydroxyl groups is 1. The van der Waals surface area contributed by atoms with E-state index in [4.69, 9.17) is 10.2 Å². The van der Waals surface area contributed by atoms with Crippen LogP contribution in [0.2, 0.25) is 0 Å². The van der Waals surface area contributed by atoms with Crippen LogP contribution < -0.4 is 10.6 Å². The van der Waals surface area contributed by atoms with E-state index < -0.39 is 24.6 Å². The molecule has 2 amide bonds. The van der Waals surface area contributed by atoms with Crippen molar-refractivity contribution in [1.29, 1.82) is 0 Å². The molecule has 6 heteroatoms. The zero-order valence-corrected chi connectivity index (χ0v) is 10.6. The minimum absolute atomic E-state index is 0.00291. The molecule has 1 rings (SSSR count). The fraction of sp³-hybridized carbons (Fsp3) is 0.818. The third-order valence-corrected chi connectivity index (χ3v) is 4.08. The molecule has 0 aromatic rings. The largest absolute Gasteiger partial charge is 0.480 e. The molecule has 0 saturated heterocycles. The van der Waals surface area contributed by atoms with Crippen molar-refractivity contribution in [3.8, 4) is 0 Å². The first-order valence-electron chi connectivity index (χ1n) is 5.55. The molecule has 1 fully saturated rings. The Morgan fingerprint density at radius 1 is 1.24 bits per heavy atom. The predicted octanol–water partition coefficient (Wildman–Crippen LogP) is 0.166. The van der Waals surface area contributed by atoms with E-state index in [1.54, 1.807) is 0 Å². The Morgan fingerprint density at radius 2 is 1.71 bits per heavy atom. The molecule has 0 aromatic carbocycles. The number of nitrogens with one attached hydrogen (secondary N) is 2. The highest BCUT2D eigenvalue weighted by Gasteiger charge is 2.65. The van der Waals surface area contributed by atoms with E-state index in [0.717, 1.165) is 0 Å². The zero-order chi connectivity index (χ0) is 13.4. The molecule has 1 aliphatic rings. The van der Waals surface area contributed by atoms with E-state index in [1.165, 1.54) is 0 Å². The summed E-state index contributed by atoms with van der Waals surface area (Å²) in [5.74, 6) is -1.25. The van der Waals surface area contributed by atoms with Gasteiger partial charge in [0.15, 0.2) is 6.04 Å². The standard InChI is InChI=1S/C11H20N2O4/c1-10(2)8(11(10,3)4)13-9(17)12-6(5-14)7(15)16/h6,8,14H,5H2,1-4H3,(H,15,16)(H2,12,13,17). The van der Waals surface area contributed by atoms with Crippen LogP contribution in [0.3, 0.4) is 0 Å². The number of carboxylic acids is 1. The number of carbonyl (C=O) groups excluding carboxylic acids is 1. The Balaban J connectivity index is 2.50. The predicted molar refractivity (Wildman–Crippen MR) is 61.5 cm³/mol. The summed E-state index contributed by atoms with van der Waals surface area (Å²) in [4.78, 5) is 22.2. The fourth-order valence-electron chi connectivity index (χ4n) is 2.07. The number of carbonyl (C=O) groups is 2. The molecule has 0 heterocycles. The molecule has 1 atom stereocenters. The molecule has 1 unspecified atom stereocenters. The average Bonchev–Trinajstić information content (AvgIpc) is 2.57. The van der Waals surface area contributed by atoms with Crippen molar-refractivity contribution >= 4 is 12.0 Å². The molecular formula is C11H20N2O4. The summed E-state index contributed by atoms with van der Waals surface area (Å²) in [6.45, 7) is 7.54. The van der Waals surface area contributed by atoms with Crippen molar-refractivity contribution in [1.82, 2.24) is 10.6 Å². The van der Waals surface area contributed by atoms with Crippen LogP contribution in [0.25, 0.3) is 0 Å². The monoisotopic (exact) mass is 244 g/mol. The fourth-order valence-corrected chi connectivity index (χ4v) is 2.07. The van der Waals surface area contributed by atoms with Crippen LogP contribution in [-0.2, 0) is 4.79 Å². The van der Waals surface area contributed by atoms with E-state index >= 15 is 0 Å². The number of rotatable bonds is 4. The van der Waals surface area contributed by atoms with E-state index in [9.17, 15) is 9.59 Å². The average molecular weight is 244 g/mol. The normalized spacial score (nSPS) is 22.6. The van der Waals surface area contributed by atoms with Crippen molar-refractivity contribution in [2.24, 2.45) is 10.8 Å². The molecule has 4 N–H and O–H groups in total. The second kappa shape index (κ2) is 4.18. The van der Waals surface area contributed by atoms with Gasteiger partial charge in [0.05, 0.1) is 6.61 Å². The molecule has 0 spiro atoms. The number of aliphatic hydroxyl groups excluding tert-OH is 1. The van der Waals surface area contributed by atoms with Gasteiger partial charge in [-0.3, -0.25) is 0 Å². The highest BCUT2D eigenvalue weighted by atomic mass is 16.4. The second-order valence-electron chi connectivity index (χ2n) is 5.57. The number of hydrogen-bond acceptors (Lipinski definition) is 3. The van der Waals surface area contributed by atoms with Crippen molar-refractivity contribution in [3.05, 3.63) is 0 Å². The third-order valence-electron chi connectivity index (χ3n) is 4.08. The van der Waals surface area contributed by atoms with Crippen molar-refractivity contribution < 1.29 is 19.8 Å². The molecule has 0 bridgehead atoms. The van der Waals surface area contributed by atoms with Crippen LogP contribution in [0.4, 0.5) is 4.79 Å². The van der Waals surface area contributed by atoms with Crippen molar-refractivity contribution in [2.75, 3.05) is 6.61 Å². The molecular weight excluding hydrogens is 224 g/mol. The molecule has 1 aliphatic carbocycles. The minimum Gasteiger partial charge on any atom is -0.480 e. The van der Waals surface area contributed by atoms with Gasteiger partial charge in [-0.05, 0) is 10.8 Å². The maximum Gasteiger partial charge on any atom is 0.328 e. The molecule has 0 aliphatic heterocycles. The van der Waals surface area contributed by atoms with Gasteiger partial charge in [-0.15, -0.1) is 0 Å². The minimum atomic E-state index is -1.26. The highest BCUT2D eigenvalue weighted by Crippen LogP contribution is 2.62. The molecule has 6 nitrogen and oxygen atoms in total. The zero-order valence-electron chi connectivity index (χ0n) is 10.6. The van der Waals surface area contributed by atoms with Crippen LogP contribution in [0.15, 0.2) is 0 Å². The number of urea groups is 1. The lowest BCUT2D eigenvalue weighted by molar-refractivity contribution is -0.140. The Bertz CT molecular complexity index is 324. The number of carboxylic acid groups (broad SMARTS) is 1. The summed E-state index contributed by atoms with van der Waals surface area (Å²) in [5.41, 5.74) is -0.0233. The first-order valence-corrected chi connectivity index (χ1v) is 5.55. The first kappa shape index (κ1) is 13.8. The van der Waals surface area contributed by atoms with Crippen LogP contribution in [0.1, 0.15) is 27.7 Å². The third kappa shape index (κ3) is 2.36. The van der Waals surface area contributed by atoms with Crippen LogP contribution in [0, 0.1) is 10.8 Å². The van der Waals surface area contributed by atoms with Crippen LogP contribution in [0.5, 0.6) is 0 Å². The first-order chi connectivity index (χ1) is 7.64. The summed E-state index contributed by atoms with van der Waals surface area (Å²) in [7, 11) is 0. The lowest BCUT2D eigenvalue weighted by Crippen LogP contribution is -2.49. The van der Waals surface area contributed by atoms with Gasteiger partial charge in [-0.2, -0.15) is 0 Å². The smallest absolute Gasteiger partial charge is 0.328 e. The van der Waals surface area contributed by atoms with Gasteiger partial charge in [0.2, 0.25) is 0 Å². The summed E-state index contributed by atoms with van der Waals surface area (Å²) in [6.07, 6.45) is 0. The van der Waals surface area contributed by atoms with Gasteiger partial charge >= 0.3 is 12.0 Å². The highest BCUT2D eigenvalue weighted by molar-refractivity contribution is 5.83. The molecule has 0 aromatic heterocycles. The van der Waals surface area contributed by atoms with Gasteiger partial charge in [0.25, 0.3) is 0 Å². The van der Waals surface area contributed by atoms with Crippen molar-refractivity contribution in [3.63, 3.8) is 0 Å². The van der Waals surface area contributed by atoms with E-state index in [0.29, 0.717) is 0 Å². The van der Waals surface area contributed by atoms with E-state index in [-0.39, 0.29) is 16.9 Å². The Hall–Kier alpha value is -1.30. The van der Waals surface area contributed by atoms with Gasteiger partial charge in [0, 0.05) is 6.04 Å². The molecule has 98 valence electrons.